The molecule has 4 rings (SSSR count). The van der Waals surface area contributed by atoms with Gasteiger partial charge in [-0.15, -0.1) is 0 Å². The van der Waals surface area contributed by atoms with Gasteiger partial charge in [0.1, 0.15) is 23.2 Å². The molecule has 0 amide bonds. The quantitative estimate of drug-likeness (QED) is 0.622. The van der Waals surface area contributed by atoms with Crippen LogP contribution in [0.25, 0.3) is 0 Å². The molecular weight excluding hydrogens is 416 g/mol. The highest BCUT2D eigenvalue weighted by Crippen LogP contribution is 2.53. The maximum absolute atomic E-state index is 12.3. The van der Waals surface area contributed by atoms with Gasteiger partial charge in [-0.25, -0.2) is 0 Å². The van der Waals surface area contributed by atoms with Crippen LogP contribution >= 0.6 is 0 Å². The first-order valence-corrected chi connectivity index (χ1v) is 11.8. The van der Waals surface area contributed by atoms with Gasteiger partial charge in [0.2, 0.25) is 6.29 Å². The molecule has 3 atom stereocenters. The van der Waals surface area contributed by atoms with Gasteiger partial charge < -0.3 is 24.1 Å². The van der Waals surface area contributed by atoms with Crippen LogP contribution in [0.3, 0.4) is 0 Å². The summed E-state index contributed by atoms with van der Waals surface area (Å²) in [5.41, 5.74) is 1.61. The number of fused-ring (bicyclic) bond motifs is 1. The van der Waals surface area contributed by atoms with Crippen molar-refractivity contribution in [3.8, 4) is 23.5 Å². The Hall–Kier alpha value is -2.68. The van der Waals surface area contributed by atoms with Crippen LogP contribution in [0.5, 0.6) is 11.5 Å². The van der Waals surface area contributed by atoms with Crippen LogP contribution in [0.4, 0.5) is 0 Å². The lowest BCUT2D eigenvalue weighted by Gasteiger charge is -2.50. The number of methoxy groups -OCH3 is 2. The van der Waals surface area contributed by atoms with Crippen LogP contribution < -0.4 is 9.47 Å². The smallest absolute Gasteiger partial charge is 0.210 e. The fourth-order valence-corrected chi connectivity index (χ4v) is 5.15. The number of rotatable bonds is 6. The summed E-state index contributed by atoms with van der Waals surface area (Å²) in [7, 11) is 3.33. The Bertz CT molecular complexity index is 999. The van der Waals surface area contributed by atoms with Gasteiger partial charge in [0.15, 0.2) is 0 Å². The average Bonchev–Trinajstić information content (AvgIpc) is 2.86. The summed E-state index contributed by atoms with van der Waals surface area (Å²) in [5, 5.41) is 12.3. The van der Waals surface area contributed by atoms with E-state index in [-0.39, 0.29) is 6.29 Å². The highest BCUT2D eigenvalue weighted by molar-refractivity contribution is 5.47. The maximum Gasteiger partial charge on any atom is 0.210 e. The predicted octanol–water partition coefficient (Wildman–Crippen LogP) is 5.08. The van der Waals surface area contributed by atoms with Gasteiger partial charge in [0.05, 0.1) is 20.8 Å². The van der Waals surface area contributed by atoms with Crippen LogP contribution in [0.1, 0.15) is 62.1 Å². The standard InChI is InChI=1S/C28H34O5/c1-27(22-9-11-23(30-2)12-10-22)17-15-21-20-24(31-3)13-14-25(21)28(27,29)16-5-7-19-33-26-8-4-6-18-32-26/h9-14,20,26,29H,4-6,8,15-18H2,1-3H3. The number of ether oxygens (including phenoxy) is 4. The van der Waals surface area contributed by atoms with Gasteiger partial charge in [-0.1, -0.05) is 31.0 Å². The molecule has 33 heavy (non-hydrogen) atoms. The van der Waals surface area contributed by atoms with Crippen molar-refractivity contribution in [2.75, 3.05) is 20.8 Å². The summed E-state index contributed by atoms with van der Waals surface area (Å²) in [6.45, 7) is 2.88. The van der Waals surface area contributed by atoms with E-state index in [0.29, 0.717) is 12.8 Å². The fourth-order valence-electron chi connectivity index (χ4n) is 5.15. The third-order valence-corrected chi connectivity index (χ3v) is 7.30. The fraction of sp³-hybridized carbons (Fsp3) is 0.500. The highest BCUT2D eigenvalue weighted by atomic mass is 16.7. The summed E-state index contributed by atoms with van der Waals surface area (Å²) in [5.74, 6) is 4.72. The Kier molecular flexibility index (Phi) is 7.17. The lowest BCUT2D eigenvalue weighted by Crippen LogP contribution is -2.50. The van der Waals surface area contributed by atoms with Gasteiger partial charge >= 0.3 is 0 Å². The highest BCUT2D eigenvalue weighted by Gasteiger charge is 2.51. The molecule has 0 spiro atoms. The molecule has 3 unspecified atom stereocenters. The largest absolute Gasteiger partial charge is 0.497 e. The van der Waals surface area contributed by atoms with Crippen molar-refractivity contribution in [1.82, 2.24) is 0 Å². The van der Waals surface area contributed by atoms with Crippen molar-refractivity contribution in [3.63, 3.8) is 0 Å². The van der Waals surface area contributed by atoms with Crippen LogP contribution in [-0.2, 0) is 26.9 Å². The second kappa shape index (κ2) is 10.1. The number of hydrogen-bond acceptors (Lipinski definition) is 5. The summed E-state index contributed by atoms with van der Waals surface area (Å²) < 4.78 is 21.9. The minimum absolute atomic E-state index is 0.234. The van der Waals surface area contributed by atoms with Gasteiger partial charge in [-0.2, -0.15) is 0 Å². The molecule has 1 N–H and O–H groups in total. The van der Waals surface area contributed by atoms with Crippen LogP contribution in [0.2, 0.25) is 0 Å². The molecule has 2 aromatic carbocycles. The topological polar surface area (TPSA) is 57.2 Å². The lowest BCUT2D eigenvalue weighted by atomic mass is 9.57. The average molecular weight is 451 g/mol. The monoisotopic (exact) mass is 450 g/mol. The molecule has 1 heterocycles. The van der Waals surface area contributed by atoms with Gasteiger partial charge in [-0.05, 0) is 73.1 Å². The Balaban J connectivity index is 1.61. The molecule has 5 heteroatoms. The van der Waals surface area contributed by atoms with Gasteiger partial charge in [0.25, 0.3) is 0 Å². The van der Waals surface area contributed by atoms with Crippen molar-refractivity contribution in [2.45, 2.75) is 69.2 Å². The van der Waals surface area contributed by atoms with Crippen molar-refractivity contribution < 1.29 is 24.1 Å². The predicted molar refractivity (Wildman–Crippen MR) is 127 cm³/mol. The molecule has 1 saturated heterocycles. The van der Waals surface area contributed by atoms with Crippen molar-refractivity contribution in [1.29, 1.82) is 0 Å². The van der Waals surface area contributed by atoms with Crippen LogP contribution in [0, 0.1) is 12.0 Å². The second-order valence-corrected chi connectivity index (χ2v) is 9.14. The number of aliphatic hydroxyl groups is 1. The number of benzene rings is 2. The molecule has 2 aromatic rings. The molecule has 1 fully saturated rings. The van der Waals surface area contributed by atoms with E-state index < -0.39 is 11.0 Å². The number of hydrogen-bond donors (Lipinski definition) is 1. The van der Waals surface area contributed by atoms with E-state index in [4.69, 9.17) is 18.9 Å². The maximum atomic E-state index is 12.3. The Morgan fingerprint density at radius 1 is 1.06 bits per heavy atom. The molecule has 1 aliphatic carbocycles. The Morgan fingerprint density at radius 2 is 1.82 bits per heavy atom. The minimum atomic E-state index is -1.09. The zero-order valence-corrected chi connectivity index (χ0v) is 19.9. The molecule has 0 bridgehead atoms. The number of aryl methyl sites for hydroxylation is 1. The summed E-state index contributed by atoms with van der Waals surface area (Å²) >= 11 is 0. The summed E-state index contributed by atoms with van der Waals surface area (Å²) in [6.07, 6.45) is 8.33. The normalized spacial score (nSPS) is 26.5. The van der Waals surface area contributed by atoms with E-state index in [9.17, 15) is 5.11 Å². The molecule has 0 radical (unpaired) electrons. The third kappa shape index (κ3) is 4.69. The van der Waals surface area contributed by atoms with Gasteiger partial charge in [-0.3, -0.25) is 0 Å². The van der Waals surface area contributed by atoms with E-state index in [1.165, 1.54) is 0 Å². The first kappa shape index (κ1) is 23.5. The molecular formula is C28H34O5. The van der Waals surface area contributed by atoms with Crippen molar-refractivity contribution in [2.24, 2.45) is 0 Å². The Labute approximate surface area is 197 Å². The van der Waals surface area contributed by atoms with Gasteiger partial charge in [0, 0.05) is 18.3 Å². The third-order valence-electron chi connectivity index (χ3n) is 7.30. The summed E-state index contributed by atoms with van der Waals surface area (Å²) in [6, 6.07) is 14.0. The first-order valence-electron chi connectivity index (χ1n) is 11.8. The molecule has 0 aromatic heterocycles. The molecule has 2 aliphatic rings. The van der Waals surface area contributed by atoms with Crippen LogP contribution in [-0.4, -0.2) is 32.2 Å². The lowest BCUT2D eigenvalue weighted by molar-refractivity contribution is -0.121. The van der Waals surface area contributed by atoms with E-state index in [1.807, 2.05) is 30.3 Å². The van der Waals surface area contributed by atoms with Crippen LogP contribution in [0.15, 0.2) is 42.5 Å². The molecule has 176 valence electrons. The molecule has 5 nitrogen and oxygen atoms in total. The van der Waals surface area contributed by atoms with Crippen molar-refractivity contribution >= 4 is 0 Å². The second-order valence-electron chi connectivity index (χ2n) is 9.14. The van der Waals surface area contributed by atoms with Crippen molar-refractivity contribution in [3.05, 3.63) is 59.2 Å². The SMILES string of the molecule is COc1ccc(C2(C)CCc3cc(OC)ccc3C2(O)CCC#COC2CCCCO2)cc1. The van der Waals surface area contributed by atoms with E-state index in [2.05, 4.69) is 31.1 Å². The van der Waals surface area contributed by atoms with E-state index in [1.54, 1.807) is 14.2 Å². The van der Waals surface area contributed by atoms with E-state index >= 15 is 0 Å². The zero-order chi connectivity index (χ0) is 23.3. The summed E-state index contributed by atoms with van der Waals surface area (Å²) in [4.78, 5) is 0. The first-order chi connectivity index (χ1) is 16.0. The minimum Gasteiger partial charge on any atom is -0.497 e. The molecule has 1 aliphatic heterocycles. The Morgan fingerprint density at radius 3 is 2.52 bits per heavy atom. The zero-order valence-electron chi connectivity index (χ0n) is 19.9. The molecule has 0 saturated carbocycles. The van der Waals surface area contributed by atoms with E-state index in [0.717, 1.165) is 66.9 Å².